The van der Waals surface area contributed by atoms with Crippen LogP contribution in [0.5, 0.6) is 0 Å². The van der Waals surface area contributed by atoms with Gasteiger partial charge in [-0.15, -0.1) is 0 Å². The standard InChI is InChI=1S/C19H26FN3O4/c1-2-3-16(17(24)22-15-9-6-13(10-15)18(25)26)23-19(27)21-11-12-4-7-14(20)8-5-12/h4-5,7-8,13,15-16H,2-3,6,9-11H2,1H3,(H,22,24)(H,25,26)(H2,21,23,27)/t13-,15+,16?/m0/s1. The lowest BCUT2D eigenvalue weighted by Crippen LogP contribution is -2.51. The highest BCUT2D eigenvalue weighted by atomic mass is 19.1. The summed E-state index contributed by atoms with van der Waals surface area (Å²) in [6.45, 7) is 2.13. The molecule has 3 amide bonds. The lowest BCUT2D eigenvalue weighted by Gasteiger charge is -2.21. The smallest absolute Gasteiger partial charge is 0.315 e. The van der Waals surface area contributed by atoms with Crippen LogP contribution in [0.1, 0.15) is 44.6 Å². The molecular formula is C19H26FN3O4. The summed E-state index contributed by atoms with van der Waals surface area (Å²) in [6.07, 6.45) is 2.77. The zero-order chi connectivity index (χ0) is 19.8. The zero-order valence-electron chi connectivity index (χ0n) is 15.3. The highest BCUT2D eigenvalue weighted by molar-refractivity contribution is 5.87. The number of amides is 3. The van der Waals surface area contributed by atoms with Gasteiger partial charge in [-0.25, -0.2) is 9.18 Å². The molecule has 1 fully saturated rings. The number of carboxylic acid groups (broad SMARTS) is 1. The SMILES string of the molecule is CCCC(NC(=O)NCc1ccc(F)cc1)C(=O)N[C@@H]1CC[C@H](C(=O)O)C1. The number of halogens is 1. The topological polar surface area (TPSA) is 108 Å². The maximum atomic E-state index is 12.9. The number of hydrogen-bond donors (Lipinski definition) is 4. The minimum Gasteiger partial charge on any atom is -0.481 e. The largest absolute Gasteiger partial charge is 0.481 e. The lowest BCUT2D eigenvalue weighted by atomic mass is 10.1. The predicted molar refractivity (Wildman–Crippen MR) is 97.4 cm³/mol. The Hall–Kier alpha value is -2.64. The first-order chi connectivity index (χ1) is 12.9. The van der Waals surface area contributed by atoms with Crippen LogP contribution in [0.15, 0.2) is 24.3 Å². The lowest BCUT2D eigenvalue weighted by molar-refractivity contribution is -0.141. The molecular weight excluding hydrogens is 353 g/mol. The molecule has 0 aliphatic heterocycles. The Balaban J connectivity index is 1.82. The monoisotopic (exact) mass is 379 g/mol. The van der Waals surface area contributed by atoms with E-state index in [1.807, 2.05) is 6.92 Å². The fraction of sp³-hybridized carbons (Fsp3) is 0.526. The minimum absolute atomic E-state index is 0.179. The summed E-state index contributed by atoms with van der Waals surface area (Å²) in [5.41, 5.74) is 0.744. The molecule has 2 rings (SSSR count). The fourth-order valence-corrected chi connectivity index (χ4v) is 3.19. The third-order valence-corrected chi connectivity index (χ3v) is 4.69. The molecule has 0 heterocycles. The molecule has 1 saturated carbocycles. The molecule has 1 aromatic carbocycles. The van der Waals surface area contributed by atoms with Gasteiger partial charge in [0.05, 0.1) is 5.92 Å². The second-order valence-corrected chi connectivity index (χ2v) is 6.85. The Morgan fingerprint density at radius 2 is 1.93 bits per heavy atom. The van der Waals surface area contributed by atoms with Crippen molar-refractivity contribution in [3.63, 3.8) is 0 Å². The average molecular weight is 379 g/mol. The van der Waals surface area contributed by atoms with Gasteiger partial charge in [-0.3, -0.25) is 9.59 Å². The van der Waals surface area contributed by atoms with Crippen LogP contribution < -0.4 is 16.0 Å². The van der Waals surface area contributed by atoms with Crippen LogP contribution in [-0.4, -0.2) is 35.1 Å². The number of urea groups is 1. The van der Waals surface area contributed by atoms with Gasteiger partial charge >= 0.3 is 12.0 Å². The van der Waals surface area contributed by atoms with Crippen LogP contribution in [-0.2, 0) is 16.1 Å². The Bertz CT molecular complexity index is 665. The second-order valence-electron chi connectivity index (χ2n) is 6.85. The van der Waals surface area contributed by atoms with E-state index in [1.54, 1.807) is 12.1 Å². The van der Waals surface area contributed by atoms with E-state index in [4.69, 9.17) is 5.11 Å². The highest BCUT2D eigenvalue weighted by Gasteiger charge is 2.32. The number of carbonyl (C=O) groups is 3. The molecule has 1 aliphatic rings. The number of rotatable bonds is 8. The van der Waals surface area contributed by atoms with E-state index >= 15 is 0 Å². The van der Waals surface area contributed by atoms with Gasteiger partial charge in [0.15, 0.2) is 0 Å². The first-order valence-corrected chi connectivity index (χ1v) is 9.21. The first-order valence-electron chi connectivity index (χ1n) is 9.21. The summed E-state index contributed by atoms with van der Waals surface area (Å²) >= 11 is 0. The van der Waals surface area contributed by atoms with Crippen molar-refractivity contribution >= 4 is 17.9 Å². The molecule has 7 nitrogen and oxygen atoms in total. The van der Waals surface area contributed by atoms with E-state index in [0.717, 1.165) is 5.56 Å². The van der Waals surface area contributed by atoms with Gasteiger partial charge in [-0.05, 0) is 43.4 Å². The average Bonchev–Trinajstić information content (AvgIpc) is 3.09. The maximum Gasteiger partial charge on any atom is 0.315 e. The number of carbonyl (C=O) groups excluding carboxylic acids is 2. The number of hydrogen-bond acceptors (Lipinski definition) is 3. The molecule has 3 atom stereocenters. The van der Waals surface area contributed by atoms with Crippen LogP contribution >= 0.6 is 0 Å². The summed E-state index contributed by atoms with van der Waals surface area (Å²) in [5.74, 6) is -1.91. The van der Waals surface area contributed by atoms with Gasteiger partial charge in [0.2, 0.25) is 5.91 Å². The number of aliphatic carboxylic acids is 1. The van der Waals surface area contributed by atoms with Crippen LogP contribution in [0.2, 0.25) is 0 Å². The van der Waals surface area contributed by atoms with E-state index in [1.165, 1.54) is 12.1 Å². The molecule has 0 radical (unpaired) electrons. The van der Waals surface area contributed by atoms with Gasteiger partial charge in [0, 0.05) is 12.6 Å². The highest BCUT2D eigenvalue weighted by Crippen LogP contribution is 2.25. The summed E-state index contributed by atoms with van der Waals surface area (Å²) in [5, 5.41) is 17.2. The van der Waals surface area contributed by atoms with Crippen molar-refractivity contribution < 1.29 is 23.9 Å². The van der Waals surface area contributed by atoms with Crippen LogP contribution in [0.25, 0.3) is 0 Å². The number of benzene rings is 1. The van der Waals surface area contributed by atoms with Crippen molar-refractivity contribution in [1.29, 1.82) is 0 Å². The van der Waals surface area contributed by atoms with E-state index < -0.39 is 24.0 Å². The van der Waals surface area contributed by atoms with Crippen molar-refractivity contribution in [2.24, 2.45) is 5.92 Å². The van der Waals surface area contributed by atoms with Crippen molar-refractivity contribution in [2.75, 3.05) is 0 Å². The minimum atomic E-state index is -0.838. The van der Waals surface area contributed by atoms with Crippen LogP contribution in [0.3, 0.4) is 0 Å². The first kappa shape index (κ1) is 20.7. The van der Waals surface area contributed by atoms with Crippen molar-refractivity contribution in [3.05, 3.63) is 35.6 Å². The van der Waals surface area contributed by atoms with E-state index in [0.29, 0.717) is 32.1 Å². The quantitative estimate of drug-likeness (QED) is 0.555. The Kier molecular flexibility index (Phi) is 7.57. The molecule has 0 saturated heterocycles. The van der Waals surface area contributed by atoms with Crippen LogP contribution in [0, 0.1) is 11.7 Å². The Morgan fingerprint density at radius 1 is 1.22 bits per heavy atom. The Labute approximate surface area is 157 Å². The van der Waals surface area contributed by atoms with Crippen molar-refractivity contribution in [1.82, 2.24) is 16.0 Å². The van der Waals surface area contributed by atoms with Gasteiger partial charge in [0.1, 0.15) is 11.9 Å². The summed E-state index contributed by atoms with van der Waals surface area (Å²) in [7, 11) is 0. The molecule has 0 spiro atoms. The van der Waals surface area contributed by atoms with Gasteiger partial charge in [-0.1, -0.05) is 25.5 Å². The van der Waals surface area contributed by atoms with E-state index in [2.05, 4.69) is 16.0 Å². The van der Waals surface area contributed by atoms with E-state index in [-0.39, 0.29) is 24.3 Å². The molecule has 0 bridgehead atoms. The third-order valence-electron chi connectivity index (χ3n) is 4.69. The molecule has 1 aliphatic carbocycles. The summed E-state index contributed by atoms with van der Waals surface area (Å²) < 4.78 is 12.9. The molecule has 1 aromatic rings. The summed E-state index contributed by atoms with van der Waals surface area (Å²) in [6, 6.07) is 4.43. The van der Waals surface area contributed by atoms with Crippen molar-refractivity contribution in [3.8, 4) is 0 Å². The molecule has 1 unspecified atom stereocenters. The van der Waals surface area contributed by atoms with Gasteiger partial charge in [-0.2, -0.15) is 0 Å². The number of carboxylic acids is 1. The van der Waals surface area contributed by atoms with Crippen LogP contribution in [0.4, 0.5) is 9.18 Å². The summed E-state index contributed by atoms with van der Waals surface area (Å²) in [4.78, 5) is 35.6. The van der Waals surface area contributed by atoms with Gasteiger partial charge < -0.3 is 21.1 Å². The predicted octanol–water partition coefficient (Wildman–Crippen LogP) is 2.16. The molecule has 0 aromatic heterocycles. The fourth-order valence-electron chi connectivity index (χ4n) is 3.19. The van der Waals surface area contributed by atoms with Crippen molar-refractivity contribution in [2.45, 2.75) is 57.7 Å². The molecule has 4 N–H and O–H groups in total. The number of nitrogens with one attached hydrogen (secondary N) is 3. The molecule has 148 valence electrons. The van der Waals surface area contributed by atoms with E-state index in [9.17, 15) is 18.8 Å². The molecule has 27 heavy (non-hydrogen) atoms. The Morgan fingerprint density at radius 3 is 2.52 bits per heavy atom. The van der Waals surface area contributed by atoms with Gasteiger partial charge in [0.25, 0.3) is 0 Å². The maximum absolute atomic E-state index is 12.9. The molecule has 8 heteroatoms. The normalized spacial score (nSPS) is 19.9. The second kappa shape index (κ2) is 9.89. The zero-order valence-corrected chi connectivity index (χ0v) is 15.3. The third kappa shape index (κ3) is 6.54.